The van der Waals surface area contributed by atoms with E-state index in [2.05, 4.69) is 5.32 Å². The molecule has 2 aromatic carbocycles. The molecule has 0 amide bonds. The van der Waals surface area contributed by atoms with Crippen molar-refractivity contribution in [2.75, 3.05) is 20.8 Å². The zero-order valence-corrected chi connectivity index (χ0v) is 20.2. The molecule has 1 heterocycles. The van der Waals surface area contributed by atoms with Gasteiger partial charge in [0.25, 0.3) is 0 Å². The van der Waals surface area contributed by atoms with E-state index in [0.29, 0.717) is 43.0 Å². The van der Waals surface area contributed by atoms with Crippen molar-refractivity contribution in [3.8, 4) is 11.5 Å². The number of ether oxygens (including phenoxy) is 3. The molecule has 8 nitrogen and oxygen atoms in total. The number of esters is 1. The Labute approximate surface area is 203 Å². The first-order chi connectivity index (χ1) is 15.8. The number of Topliss-reactive ketones (excluding diaryl/α,β-unsaturated/α-hetero) is 1. The number of allylic oxidation sites excluding steroid dienone is 2. The van der Waals surface area contributed by atoms with Crippen LogP contribution < -0.4 is 14.8 Å². The highest BCUT2D eigenvalue weighted by Crippen LogP contribution is 2.48. The van der Waals surface area contributed by atoms with Crippen LogP contribution in [0.3, 0.4) is 0 Å². The molecule has 0 saturated heterocycles. The maximum absolute atomic E-state index is 13.5. The van der Waals surface area contributed by atoms with Crippen molar-refractivity contribution < 1.29 is 33.7 Å². The molecular weight excluding hydrogens is 541 g/mol. The van der Waals surface area contributed by atoms with Gasteiger partial charge in [-0.15, -0.1) is 0 Å². The maximum Gasteiger partial charge on any atom is 0.341 e. The number of carbonyl (C=O) groups is 3. The second kappa shape index (κ2) is 8.89. The summed E-state index contributed by atoms with van der Waals surface area (Å²) in [6.45, 7) is 1.23. The molecule has 0 fully saturated rings. The summed E-state index contributed by atoms with van der Waals surface area (Å²) in [5.41, 5.74) is 3.94. The van der Waals surface area contributed by atoms with Crippen LogP contribution in [0.5, 0.6) is 11.5 Å². The highest BCUT2D eigenvalue weighted by molar-refractivity contribution is 14.1. The number of methoxy groups -OCH3 is 2. The average Bonchev–Trinajstić information content (AvgIpc) is 3.08. The van der Waals surface area contributed by atoms with Crippen LogP contribution in [0.15, 0.2) is 53.2 Å². The molecule has 0 aromatic heterocycles. The van der Waals surface area contributed by atoms with Crippen LogP contribution in [0, 0.1) is 3.57 Å². The van der Waals surface area contributed by atoms with Gasteiger partial charge < -0.3 is 24.6 Å². The monoisotopic (exact) mass is 561 g/mol. The summed E-state index contributed by atoms with van der Waals surface area (Å²) >= 11 is 2.02. The number of carbonyl (C=O) groups excluding carboxylic acids is 2. The third-order valence-electron chi connectivity index (χ3n) is 5.58. The highest BCUT2D eigenvalue weighted by Gasteiger charge is 2.43. The molecule has 1 aliphatic carbocycles. The highest BCUT2D eigenvalue weighted by atomic mass is 127. The number of rotatable bonds is 6. The maximum atomic E-state index is 13.5. The zero-order valence-electron chi connectivity index (χ0n) is 18.0. The molecule has 0 saturated carbocycles. The van der Waals surface area contributed by atoms with Gasteiger partial charge in [-0.25, -0.2) is 9.59 Å². The minimum Gasteiger partial charge on any atom is -0.493 e. The van der Waals surface area contributed by atoms with Gasteiger partial charge in [0, 0.05) is 28.3 Å². The SMILES string of the molecule is COC(=O)C1=C(C)NC2=C(C(=O)c3ccccc32)[C@H]1c1cc(I)c(OCC(=O)O)c(OC)c1. The third kappa shape index (κ3) is 3.86. The van der Waals surface area contributed by atoms with E-state index in [1.165, 1.54) is 14.2 Å². The third-order valence-corrected chi connectivity index (χ3v) is 6.38. The number of hydrogen-bond acceptors (Lipinski definition) is 7. The topological polar surface area (TPSA) is 111 Å². The average molecular weight is 561 g/mol. The van der Waals surface area contributed by atoms with Crippen molar-refractivity contribution in [1.82, 2.24) is 5.32 Å². The van der Waals surface area contributed by atoms with Crippen molar-refractivity contribution in [2.45, 2.75) is 12.8 Å². The molecule has 0 bridgehead atoms. The van der Waals surface area contributed by atoms with E-state index in [9.17, 15) is 14.4 Å². The van der Waals surface area contributed by atoms with Gasteiger partial charge in [0.15, 0.2) is 23.9 Å². The molecule has 33 heavy (non-hydrogen) atoms. The Kier molecular flexibility index (Phi) is 6.15. The molecule has 2 aliphatic rings. The van der Waals surface area contributed by atoms with E-state index in [0.717, 1.165) is 5.56 Å². The summed E-state index contributed by atoms with van der Waals surface area (Å²) in [4.78, 5) is 37.3. The molecule has 1 aliphatic heterocycles. The first-order valence-corrected chi connectivity index (χ1v) is 11.0. The van der Waals surface area contributed by atoms with Crippen LogP contribution in [0.25, 0.3) is 5.70 Å². The van der Waals surface area contributed by atoms with E-state index in [1.54, 1.807) is 31.2 Å². The van der Waals surface area contributed by atoms with Crippen LogP contribution in [0.2, 0.25) is 0 Å². The van der Waals surface area contributed by atoms with Crippen molar-refractivity contribution in [3.05, 3.63) is 73.5 Å². The molecule has 170 valence electrons. The van der Waals surface area contributed by atoms with E-state index in [-0.39, 0.29) is 11.5 Å². The number of aliphatic carboxylic acids is 1. The Balaban J connectivity index is 1.92. The van der Waals surface area contributed by atoms with E-state index < -0.39 is 24.5 Å². The smallest absolute Gasteiger partial charge is 0.341 e. The molecule has 1 atom stereocenters. The van der Waals surface area contributed by atoms with Crippen LogP contribution in [0.1, 0.15) is 34.3 Å². The molecule has 0 radical (unpaired) electrons. The lowest BCUT2D eigenvalue weighted by atomic mass is 9.79. The first-order valence-electron chi connectivity index (χ1n) is 9.94. The number of carboxylic acid groups (broad SMARTS) is 1. The van der Waals surface area contributed by atoms with E-state index in [1.807, 2.05) is 34.7 Å². The van der Waals surface area contributed by atoms with Gasteiger partial charge in [0.1, 0.15) is 0 Å². The summed E-state index contributed by atoms with van der Waals surface area (Å²) in [5, 5.41) is 12.2. The Morgan fingerprint density at radius 2 is 1.85 bits per heavy atom. The minimum absolute atomic E-state index is 0.174. The fourth-order valence-corrected chi connectivity index (χ4v) is 5.00. The fourth-order valence-electron chi connectivity index (χ4n) is 4.22. The van der Waals surface area contributed by atoms with E-state index in [4.69, 9.17) is 19.3 Å². The lowest BCUT2D eigenvalue weighted by Crippen LogP contribution is -2.29. The predicted octanol–water partition coefficient (Wildman–Crippen LogP) is 3.50. The Bertz CT molecular complexity index is 1260. The van der Waals surface area contributed by atoms with Crippen molar-refractivity contribution >= 4 is 46.0 Å². The molecule has 2 aromatic rings. The van der Waals surface area contributed by atoms with Gasteiger partial charge in [0.2, 0.25) is 0 Å². The quantitative estimate of drug-likeness (QED) is 0.408. The molecule has 9 heteroatoms. The summed E-state index contributed by atoms with van der Waals surface area (Å²) in [6, 6.07) is 10.7. The number of nitrogens with one attached hydrogen (secondary N) is 1. The number of benzene rings is 2. The zero-order chi connectivity index (χ0) is 23.9. The summed E-state index contributed by atoms with van der Waals surface area (Å²) < 4.78 is 16.5. The number of dihydropyridines is 1. The Morgan fingerprint density at radius 3 is 2.48 bits per heavy atom. The molecule has 0 spiro atoms. The Hall–Kier alpha value is -3.34. The number of hydrogen-bond donors (Lipinski definition) is 2. The largest absolute Gasteiger partial charge is 0.493 e. The number of halogens is 1. The standard InChI is InChI=1S/C24H20INO7/c1-11-18(24(30)32-3)19(20-21(26-11)13-6-4-5-7-14(13)22(20)29)12-8-15(25)23(16(9-12)31-2)33-10-17(27)28/h4-9,19,26H,10H2,1-3H3,(H,27,28)/t19-/m0/s1. The van der Waals surface area contributed by atoms with Crippen molar-refractivity contribution in [3.63, 3.8) is 0 Å². The van der Waals surface area contributed by atoms with E-state index >= 15 is 0 Å². The molecule has 2 N–H and O–H groups in total. The van der Waals surface area contributed by atoms with Crippen LogP contribution in [-0.4, -0.2) is 43.7 Å². The van der Waals surface area contributed by atoms with Gasteiger partial charge in [-0.3, -0.25) is 4.79 Å². The summed E-state index contributed by atoms with van der Waals surface area (Å²) in [7, 11) is 2.73. The summed E-state index contributed by atoms with van der Waals surface area (Å²) in [5.74, 6) is -2.00. The molecule has 0 unspecified atom stereocenters. The first kappa shape index (κ1) is 22.8. The number of fused-ring (bicyclic) bond motifs is 2. The number of carboxylic acids is 1. The van der Waals surface area contributed by atoms with Crippen LogP contribution >= 0.6 is 22.6 Å². The predicted molar refractivity (Wildman–Crippen MR) is 127 cm³/mol. The van der Waals surface area contributed by atoms with Gasteiger partial charge in [0.05, 0.1) is 29.1 Å². The van der Waals surface area contributed by atoms with Crippen molar-refractivity contribution in [2.24, 2.45) is 0 Å². The normalized spacial score (nSPS) is 16.7. The number of ketones is 1. The van der Waals surface area contributed by atoms with Gasteiger partial charge >= 0.3 is 11.9 Å². The lowest BCUT2D eigenvalue weighted by molar-refractivity contribution is -0.139. The molecular formula is C24H20INO7. The van der Waals surface area contributed by atoms with Gasteiger partial charge in [-0.05, 0) is 47.2 Å². The van der Waals surface area contributed by atoms with Crippen LogP contribution in [0.4, 0.5) is 0 Å². The van der Waals surface area contributed by atoms with Crippen LogP contribution in [-0.2, 0) is 14.3 Å². The Morgan fingerprint density at radius 1 is 1.15 bits per heavy atom. The van der Waals surface area contributed by atoms with Gasteiger partial charge in [-0.2, -0.15) is 0 Å². The summed E-state index contributed by atoms with van der Waals surface area (Å²) in [6.07, 6.45) is 0. The molecule has 4 rings (SSSR count). The second-order valence-electron chi connectivity index (χ2n) is 7.47. The second-order valence-corrected chi connectivity index (χ2v) is 8.63. The fraction of sp³-hybridized carbons (Fsp3) is 0.208. The van der Waals surface area contributed by atoms with Gasteiger partial charge in [-0.1, -0.05) is 24.3 Å². The lowest BCUT2D eigenvalue weighted by Gasteiger charge is -2.29. The van der Waals surface area contributed by atoms with Crippen molar-refractivity contribution in [1.29, 1.82) is 0 Å². The minimum atomic E-state index is -1.12.